The van der Waals surface area contributed by atoms with Crippen molar-refractivity contribution in [3.63, 3.8) is 0 Å². The maximum atomic E-state index is 6.73. The Labute approximate surface area is 53.1 Å². The van der Waals surface area contributed by atoms with E-state index in [1.54, 1.807) is 0 Å². The van der Waals surface area contributed by atoms with Crippen LogP contribution < -0.4 is 5.73 Å². The van der Waals surface area contributed by atoms with E-state index in [2.05, 4.69) is 0 Å². The Morgan fingerprint density at radius 1 is 1.88 bits per heavy atom. The molecule has 3 N–H and O–H groups in total. The van der Waals surface area contributed by atoms with Crippen molar-refractivity contribution in [3.8, 4) is 0 Å². The van der Waals surface area contributed by atoms with E-state index >= 15 is 0 Å². The minimum atomic E-state index is 0.110. The summed E-state index contributed by atoms with van der Waals surface area (Å²) in [5, 5.41) is 6.84. The molecule has 0 aromatic carbocycles. The molecule has 0 saturated carbocycles. The van der Waals surface area contributed by atoms with Gasteiger partial charge in [0.1, 0.15) is 0 Å². The largest absolute Gasteiger partial charge is 0.379 e. The van der Waals surface area contributed by atoms with Gasteiger partial charge in [-0.1, -0.05) is 11.8 Å². The van der Waals surface area contributed by atoms with E-state index in [1.165, 1.54) is 11.8 Å². The smallest absolute Gasteiger partial charge is 0.153 e. The van der Waals surface area contributed by atoms with Crippen LogP contribution in [0.15, 0.2) is 0 Å². The van der Waals surface area contributed by atoms with Crippen molar-refractivity contribution in [2.45, 2.75) is 6.92 Å². The molecule has 0 radical (unpaired) electrons. The zero-order chi connectivity index (χ0) is 6.41. The van der Waals surface area contributed by atoms with E-state index in [-0.39, 0.29) is 5.17 Å². The molecule has 0 heterocycles. The van der Waals surface area contributed by atoms with E-state index in [0.29, 0.717) is 12.5 Å². The van der Waals surface area contributed by atoms with Gasteiger partial charge in [-0.25, -0.2) is 0 Å². The molecule has 0 bridgehead atoms. The van der Waals surface area contributed by atoms with Crippen LogP contribution >= 0.6 is 11.8 Å². The first-order valence-corrected chi connectivity index (χ1v) is 3.30. The Morgan fingerprint density at radius 2 is 2.50 bits per heavy atom. The second-order valence-corrected chi connectivity index (χ2v) is 2.08. The molecule has 8 heavy (non-hydrogen) atoms. The van der Waals surface area contributed by atoms with Gasteiger partial charge in [0.2, 0.25) is 0 Å². The zero-order valence-electron chi connectivity index (χ0n) is 4.81. The van der Waals surface area contributed by atoms with E-state index in [0.717, 1.165) is 0 Å². The van der Waals surface area contributed by atoms with E-state index in [9.17, 15) is 0 Å². The molecule has 0 fully saturated rings. The molecule has 0 rings (SSSR count). The number of nitrogens with two attached hydrogens (primary N) is 1. The summed E-state index contributed by atoms with van der Waals surface area (Å²) in [5.41, 5.74) is 5.00. The van der Waals surface area contributed by atoms with Gasteiger partial charge in [-0.3, -0.25) is 5.41 Å². The summed E-state index contributed by atoms with van der Waals surface area (Å²) >= 11 is 1.19. The molecule has 0 aromatic heterocycles. The molecular formula is C4H10N2OS. The van der Waals surface area contributed by atoms with Crippen LogP contribution in [-0.2, 0) is 4.74 Å². The van der Waals surface area contributed by atoms with Crippen molar-refractivity contribution in [2.75, 3.05) is 12.5 Å². The summed E-state index contributed by atoms with van der Waals surface area (Å²) in [4.78, 5) is 0. The topological polar surface area (TPSA) is 59.1 Å². The highest BCUT2D eigenvalue weighted by Gasteiger charge is 1.86. The fraction of sp³-hybridized carbons (Fsp3) is 0.750. The first kappa shape index (κ1) is 7.78. The first-order valence-electron chi connectivity index (χ1n) is 2.32. The van der Waals surface area contributed by atoms with E-state index in [4.69, 9.17) is 15.9 Å². The van der Waals surface area contributed by atoms with Crippen molar-refractivity contribution in [1.29, 1.82) is 5.41 Å². The molecule has 48 valence electrons. The molecule has 0 spiro atoms. The Hall–Kier alpha value is -0.220. The van der Waals surface area contributed by atoms with Gasteiger partial charge in [0.15, 0.2) is 5.17 Å². The van der Waals surface area contributed by atoms with Crippen molar-refractivity contribution in [3.05, 3.63) is 0 Å². The van der Waals surface area contributed by atoms with Crippen LogP contribution in [0.5, 0.6) is 0 Å². The van der Waals surface area contributed by atoms with Gasteiger partial charge in [0, 0.05) is 6.61 Å². The van der Waals surface area contributed by atoms with E-state index in [1.807, 2.05) is 6.92 Å². The predicted octanol–water partition coefficient (Wildman–Crippen LogP) is 0.607. The number of ether oxygens (including phenoxy) is 1. The molecular weight excluding hydrogens is 124 g/mol. The molecule has 0 atom stereocenters. The van der Waals surface area contributed by atoms with Crippen molar-refractivity contribution >= 4 is 16.9 Å². The van der Waals surface area contributed by atoms with Crippen LogP contribution in [0.2, 0.25) is 0 Å². The van der Waals surface area contributed by atoms with Gasteiger partial charge in [-0.2, -0.15) is 0 Å². The van der Waals surface area contributed by atoms with Crippen molar-refractivity contribution in [1.82, 2.24) is 0 Å². The minimum Gasteiger partial charge on any atom is -0.379 e. The van der Waals surface area contributed by atoms with Crippen LogP contribution in [0.25, 0.3) is 0 Å². The predicted molar refractivity (Wildman–Crippen MR) is 36.0 cm³/mol. The highest BCUT2D eigenvalue weighted by Crippen LogP contribution is 1.96. The Morgan fingerprint density at radius 3 is 2.88 bits per heavy atom. The Bertz CT molecular complexity index is 76.4. The average Bonchev–Trinajstić information content (AvgIpc) is 1.66. The SMILES string of the molecule is CCOCSC(=N)N. The van der Waals surface area contributed by atoms with Crippen LogP contribution in [0.1, 0.15) is 6.92 Å². The molecule has 0 aliphatic carbocycles. The zero-order valence-corrected chi connectivity index (χ0v) is 5.62. The molecule has 0 saturated heterocycles. The third kappa shape index (κ3) is 5.78. The second kappa shape index (κ2) is 4.93. The molecule has 0 aromatic rings. The molecule has 0 unspecified atom stereocenters. The maximum absolute atomic E-state index is 6.73. The van der Waals surface area contributed by atoms with Crippen LogP contribution in [0, 0.1) is 5.41 Å². The number of amidine groups is 1. The molecule has 0 aliphatic heterocycles. The normalized spacial score (nSPS) is 9.12. The van der Waals surface area contributed by atoms with Gasteiger partial charge < -0.3 is 10.5 Å². The number of thioether (sulfide) groups is 1. The maximum Gasteiger partial charge on any atom is 0.153 e. The lowest BCUT2D eigenvalue weighted by Gasteiger charge is -1.96. The summed E-state index contributed by atoms with van der Waals surface area (Å²) < 4.78 is 4.89. The van der Waals surface area contributed by atoms with E-state index < -0.39 is 0 Å². The van der Waals surface area contributed by atoms with Crippen molar-refractivity contribution in [2.24, 2.45) is 5.73 Å². The standard InChI is InChI=1S/C4H10N2OS/c1-2-7-3-8-4(5)6/h2-3H2,1H3,(H3,5,6). The van der Waals surface area contributed by atoms with Crippen LogP contribution in [0.3, 0.4) is 0 Å². The Balaban J connectivity index is 2.82. The molecule has 0 amide bonds. The lowest BCUT2D eigenvalue weighted by Crippen LogP contribution is -2.05. The summed E-state index contributed by atoms with van der Waals surface area (Å²) in [5.74, 6) is 0.492. The van der Waals surface area contributed by atoms with Gasteiger partial charge in [-0.15, -0.1) is 0 Å². The summed E-state index contributed by atoms with van der Waals surface area (Å²) in [6.07, 6.45) is 0. The van der Waals surface area contributed by atoms with Gasteiger partial charge >= 0.3 is 0 Å². The fourth-order valence-corrected chi connectivity index (χ4v) is 0.565. The number of hydrogen-bond donors (Lipinski definition) is 2. The highest BCUT2D eigenvalue weighted by atomic mass is 32.2. The van der Waals surface area contributed by atoms with Gasteiger partial charge in [0.25, 0.3) is 0 Å². The van der Waals surface area contributed by atoms with Crippen LogP contribution in [0.4, 0.5) is 0 Å². The fourth-order valence-electron chi connectivity index (χ4n) is 0.188. The number of nitrogens with one attached hydrogen (secondary N) is 1. The minimum absolute atomic E-state index is 0.110. The molecule has 4 heteroatoms. The Kier molecular flexibility index (Phi) is 4.79. The third-order valence-corrected chi connectivity index (χ3v) is 1.10. The van der Waals surface area contributed by atoms with Crippen LogP contribution in [-0.4, -0.2) is 17.7 Å². The number of rotatable bonds is 3. The quantitative estimate of drug-likeness (QED) is 0.257. The lowest BCUT2D eigenvalue weighted by molar-refractivity contribution is 0.200. The summed E-state index contributed by atoms with van der Waals surface area (Å²) in [7, 11) is 0. The third-order valence-electron chi connectivity index (χ3n) is 0.502. The molecule has 3 nitrogen and oxygen atoms in total. The number of hydrogen-bond acceptors (Lipinski definition) is 3. The first-order chi connectivity index (χ1) is 3.77. The highest BCUT2D eigenvalue weighted by molar-refractivity contribution is 8.13. The summed E-state index contributed by atoms with van der Waals surface area (Å²) in [6.45, 7) is 2.58. The second-order valence-electron chi connectivity index (χ2n) is 1.12. The monoisotopic (exact) mass is 134 g/mol. The summed E-state index contributed by atoms with van der Waals surface area (Å²) in [6, 6.07) is 0. The lowest BCUT2D eigenvalue weighted by atomic mass is 10.9. The van der Waals surface area contributed by atoms with Crippen molar-refractivity contribution < 1.29 is 4.74 Å². The molecule has 0 aliphatic rings. The average molecular weight is 134 g/mol. The van der Waals surface area contributed by atoms with Gasteiger partial charge in [0.05, 0.1) is 5.94 Å². The van der Waals surface area contributed by atoms with Gasteiger partial charge in [-0.05, 0) is 6.92 Å².